The zero-order valence-corrected chi connectivity index (χ0v) is 22.7. The minimum Gasteiger partial charge on any atom is -0.492 e. The first-order chi connectivity index (χ1) is 19.3. The number of likely N-dealkylation sites (tertiary alicyclic amines) is 1. The molecular weight excluding hydrogens is 490 g/mol. The average Bonchev–Trinajstić information content (AvgIpc) is 3.55. The van der Waals surface area contributed by atoms with Crippen LogP contribution in [-0.2, 0) is 4.74 Å². The molecule has 0 atom stereocenters. The lowest BCUT2D eigenvalue weighted by atomic mass is 9.98. The van der Waals surface area contributed by atoms with Gasteiger partial charge in [-0.25, -0.2) is 9.97 Å². The number of anilines is 1. The van der Waals surface area contributed by atoms with Crippen LogP contribution in [0.4, 0.5) is 5.82 Å². The number of ether oxygens (including phenoxy) is 2. The zero-order chi connectivity index (χ0) is 26.3. The number of rotatable bonds is 10. The fourth-order valence-electron chi connectivity index (χ4n) is 5.66. The summed E-state index contributed by atoms with van der Waals surface area (Å²) in [5.41, 5.74) is 3.83. The minimum absolute atomic E-state index is 0. The Morgan fingerprint density at radius 3 is 2.59 bits per heavy atom. The van der Waals surface area contributed by atoms with Crippen molar-refractivity contribution in [3.05, 3.63) is 54.4 Å². The van der Waals surface area contributed by atoms with Gasteiger partial charge in [-0.2, -0.15) is 0 Å². The molecule has 0 amide bonds. The van der Waals surface area contributed by atoms with Crippen LogP contribution in [0.25, 0.3) is 28.0 Å². The van der Waals surface area contributed by atoms with Gasteiger partial charge in [0.15, 0.2) is 0 Å². The lowest BCUT2D eigenvalue weighted by molar-refractivity contribution is 0.0398. The van der Waals surface area contributed by atoms with E-state index >= 15 is 0 Å². The second-order valence-electron chi connectivity index (χ2n) is 10.5. The Labute approximate surface area is 232 Å². The molecule has 2 aromatic heterocycles. The smallest absolute Gasteiger partial charge is 0.232 e. The number of benzene rings is 1. The van der Waals surface area contributed by atoms with Crippen LogP contribution in [-0.4, -0.2) is 85.4 Å². The van der Waals surface area contributed by atoms with Crippen LogP contribution in [0.2, 0.25) is 0 Å². The molecule has 8 heteroatoms. The SMILES string of the molecule is C1=CC(c2c(-c3ccc(OCCN4CCCC4)cc3)oc3ncnc(NCCN4CCOCC4)c23)=CCCC1.[HH]. The fourth-order valence-corrected chi connectivity index (χ4v) is 5.66. The molecule has 1 aliphatic carbocycles. The normalized spacial score (nSPS) is 18.8. The van der Waals surface area contributed by atoms with Crippen molar-refractivity contribution in [2.75, 3.05) is 71.0 Å². The number of nitrogens with one attached hydrogen (secondary N) is 1. The maximum atomic E-state index is 6.46. The molecule has 8 nitrogen and oxygen atoms in total. The van der Waals surface area contributed by atoms with E-state index in [2.05, 4.69) is 55.4 Å². The van der Waals surface area contributed by atoms with E-state index in [-0.39, 0.29) is 1.43 Å². The third kappa shape index (κ3) is 6.35. The molecular formula is C31H41N5O3. The van der Waals surface area contributed by atoms with Gasteiger partial charge in [-0.1, -0.05) is 18.2 Å². The summed E-state index contributed by atoms with van der Waals surface area (Å²) in [6.07, 6.45) is 14.3. The van der Waals surface area contributed by atoms with Gasteiger partial charge in [0.1, 0.15) is 30.3 Å². The van der Waals surface area contributed by atoms with E-state index in [0.29, 0.717) is 12.3 Å². The average molecular weight is 532 g/mol. The van der Waals surface area contributed by atoms with Crippen LogP contribution in [0.3, 0.4) is 0 Å². The molecule has 1 N–H and O–H groups in total. The summed E-state index contributed by atoms with van der Waals surface area (Å²) in [5.74, 6) is 2.52. The van der Waals surface area contributed by atoms with Crippen LogP contribution in [0.15, 0.2) is 53.2 Å². The predicted octanol–water partition coefficient (Wildman–Crippen LogP) is 5.48. The first kappa shape index (κ1) is 26.0. The van der Waals surface area contributed by atoms with E-state index in [1.165, 1.54) is 31.5 Å². The Morgan fingerprint density at radius 1 is 0.923 bits per heavy atom. The Hall–Kier alpha value is -3.20. The van der Waals surface area contributed by atoms with Gasteiger partial charge >= 0.3 is 0 Å². The quantitative estimate of drug-likeness (QED) is 0.369. The van der Waals surface area contributed by atoms with Crippen LogP contribution >= 0.6 is 0 Å². The Bertz CT molecular complexity index is 1290. The van der Waals surface area contributed by atoms with Gasteiger partial charge in [0, 0.05) is 45.3 Å². The van der Waals surface area contributed by atoms with E-state index < -0.39 is 0 Å². The molecule has 0 spiro atoms. The van der Waals surface area contributed by atoms with E-state index in [9.17, 15) is 0 Å². The van der Waals surface area contributed by atoms with E-state index in [4.69, 9.17) is 13.9 Å². The van der Waals surface area contributed by atoms with Crippen LogP contribution < -0.4 is 10.1 Å². The molecule has 4 heterocycles. The van der Waals surface area contributed by atoms with Gasteiger partial charge in [-0.15, -0.1) is 0 Å². The van der Waals surface area contributed by atoms with E-state index in [1.54, 1.807) is 6.33 Å². The van der Waals surface area contributed by atoms with Crippen molar-refractivity contribution < 1.29 is 15.3 Å². The third-order valence-corrected chi connectivity index (χ3v) is 7.83. The summed E-state index contributed by atoms with van der Waals surface area (Å²) >= 11 is 0. The number of aromatic nitrogens is 2. The number of fused-ring (bicyclic) bond motifs is 1. The monoisotopic (exact) mass is 531 g/mol. The van der Waals surface area contributed by atoms with Crippen molar-refractivity contribution in [1.29, 1.82) is 0 Å². The van der Waals surface area contributed by atoms with Crippen molar-refractivity contribution in [2.24, 2.45) is 0 Å². The minimum atomic E-state index is 0. The highest BCUT2D eigenvalue weighted by molar-refractivity contribution is 6.04. The van der Waals surface area contributed by atoms with Gasteiger partial charge in [0.25, 0.3) is 0 Å². The van der Waals surface area contributed by atoms with Crippen molar-refractivity contribution >= 4 is 22.5 Å². The zero-order valence-electron chi connectivity index (χ0n) is 22.7. The molecule has 208 valence electrons. The van der Waals surface area contributed by atoms with Crippen molar-refractivity contribution in [3.8, 4) is 17.1 Å². The fraction of sp³-hybridized carbons (Fsp3) is 0.484. The predicted molar refractivity (Wildman–Crippen MR) is 157 cm³/mol. The van der Waals surface area contributed by atoms with Crippen LogP contribution in [0.1, 0.15) is 39.1 Å². The topological polar surface area (TPSA) is 75.9 Å². The highest BCUT2D eigenvalue weighted by Gasteiger charge is 2.23. The standard InChI is InChI=1S/C31H39N5O3.H2/c1-2-4-8-24(7-3-1)27-28-30(32-13-16-36-17-20-37-21-18-36)33-23-34-31(28)39-29(27)25-9-11-26(12-10-25)38-22-19-35-14-5-6-15-35;/h3,7-12,23H,1-2,4-6,13-22H2,(H,32,33,34);1H. The maximum absolute atomic E-state index is 6.46. The molecule has 0 bridgehead atoms. The number of nitrogens with zero attached hydrogens (tertiary/aromatic N) is 4. The first-order valence-electron chi connectivity index (χ1n) is 14.5. The molecule has 39 heavy (non-hydrogen) atoms. The molecule has 0 radical (unpaired) electrons. The summed E-state index contributed by atoms with van der Waals surface area (Å²) in [5, 5.41) is 4.52. The molecule has 3 aliphatic rings. The third-order valence-electron chi connectivity index (χ3n) is 7.83. The highest BCUT2D eigenvalue weighted by Crippen LogP contribution is 2.41. The largest absolute Gasteiger partial charge is 0.492 e. The Kier molecular flexibility index (Phi) is 8.53. The van der Waals surface area contributed by atoms with Crippen molar-refractivity contribution in [3.63, 3.8) is 0 Å². The molecule has 1 aromatic carbocycles. The molecule has 2 saturated heterocycles. The maximum Gasteiger partial charge on any atom is 0.232 e. The van der Waals surface area contributed by atoms with Crippen molar-refractivity contribution in [2.45, 2.75) is 32.1 Å². The number of hydrogen-bond acceptors (Lipinski definition) is 8. The Morgan fingerprint density at radius 2 is 1.74 bits per heavy atom. The van der Waals surface area contributed by atoms with Crippen LogP contribution in [0.5, 0.6) is 5.75 Å². The van der Waals surface area contributed by atoms with E-state index in [1.807, 2.05) is 12.1 Å². The molecule has 6 rings (SSSR count). The van der Waals surface area contributed by atoms with Gasteiger partial charge in [-0.05, 0) is 75.0 Å². The summed E-state index contributed by atoms with van der Waals surface area (Å²) in [4.78, 5) is 14.1. The van der Waals surface area contributed by atoms with Gasteiger partial charge in [-0.3, -0.25) is 9.80 Å². The van der Waals surface area contributed by atoms with E-state index in [0.717, 1.165) is 99.0 Å². The molecule has 2 aliphatic heterocycles. The number of hydrogen-bond donors (Lipinski definition) is 1. The molecule has 0 saturated carbocycles. The summed E-state index contributed by atoms with van der Waals surface area (Å²) < 4.78 is 18.0. The second-order valence-corrected chi connectivity index (χ2v) is 10.5. The number of allylic oxidation sites excluding steroid dienone is 4. The second kappa shape index (κ2) is 12.8. The lowest BCUT2D eigenvalue weighted by Crippen LogP contribution is -2.39. The number of furan rings is 1. The summed E-state index contributed by atoms with van der Waals surface area (Å²) in [6, 6.07) is 8.26. The summed E-state index contributed by atoms with van der Waals surface area (Å²) in [6.45, 7) is 9.35. The van der Waals surface area contributed by atoms with Gasteiger partial charge in [0.2, 0.25) is 5.71 Å². The Balaban J connectivity index is 0.00000323. The van der Waals surface area contributed by atoms with Gasteiger partial charge < -0.3 is 19.2 Å². The van der Waals surface area contributed by atoms with Crippen LogP contribution in [0, 0.1) is 0 Å². The molecule has 0 unspecified atom stereocenters. The number of morpholine rings is 1. The van der Waals surface area contributed by atoms with Gasteiger partial charge in [0.05, 0.1) is 18.6 Å². The molecule has 2 fully saturated rings. The summed E-state index contributed by atoms with van der Waals surface area (Å²) in [7, 11) is 0. The first-order valence-corrected chi connectivity index (χ1v) is 14.5. The lowest BCUT2D eigenvalue weighted by Gasteiger charge is -2.26. The highest BCUT2D eigenvalue weighted by atomic mass is 16.5. The molecule has 3 aromatic rings. The van der Waals surface area contributed by atoms with Crippen molar-refractivity contribution in [1.82, 2.24) is 19.8 Å².